The van der Waals surface area contributed by atoms with E-state index in [4.69, 9.17) is 9.47 Å². The van der Waals surface area contributed by atoms with Crippen molar-refractivity contribution in [3.63, 3.8) is 0 Å². The van der Waals surface area contributed by atoms with Gasteiger partial charge >= 0.3 is 0 Å². The normalized spacial score (nSPS) is 17.7. The SMILES string of the molecule is O=C1CC(C(=O)N(Cc2ccc3c(c2)OCO3)Cc2ccccc2F)CN1. The molecule has 2 amide bonds. The van der Waals surface area contributed by atoms with E-state index in [0.717, 1.165) is 5.56 Å². The van der Waals surface area contributed by atoms with Gasteiger partial charge in [-0.1, -0.05) is 24.3 Å². The molecule has 7 heteroatoms. The predicted octanol–water partition coefficient (Wildman–Crippen LogP) is 2.22. The average molecular weight is 370 g/mol. The van der Waals surface area contributed by atoms with Crippen LogP contribution in [0.5, 0.6) is 11.5 Å². The minimum atomic E-state index is -0.432. The van der Waals surface area contributed by atoms with Gasteiger partial charge < -0.3 is 19.7 Å². The van der Waals surface area contributed by atoms with Crippen LogP contribution in [0.1, 0.15) is 17.5 Å². The average Bonchev–Trinajstić information content (AvgIpc) is 3.30. The summed E-state index contributed by atoms with van der Waals surface area (Å²) in [6.45, 7) is 0.901. The van der Waals surface area contributed by atoms with Crippen LogP contribution in [0.2, 0.25) is 0 Å². The zero-order chi connectivity index (χ0) is 18.8. The number of rotatable bonds is 5. The molecule has 2 aromatic rings. The lowest BCUT2D eigenvalue weighted by Crippen LogP contribution is -2.36. The first-order valence-corrected chi connectivity index (χ1v) is 8.77. The first kappa shape index (κ1) is 17.3. The fourth-order valence-corrected chi connectivity index (χ4v) is 3.34. The Labute approximate surface area is 155 Å². The number of halogens is 1. The van der Waals surface area contributed by atoms with Gasteiger partial charge in [0.15, 0.2) is 11.5 Å². The van der Waals surface area contributed by atoms with Gasteiger partial charge in [-0.05, 0) is 23.8 Å². The maximum absolute atomic E-state index is 14.1. The van der Waals surface area contributed by atoms with E-state index in [2.05, 4.69) is 5.32 Å². The van der Waals surface area contributed by atoms with Crippen molar-refractivity contribution >= 4 is 11.8 Å². The molecule has 1 N–H and O–H groups in total. The third-order valence-corrected chi connectivity index (χ3v) is 4.77. The largest absolute Gasteiger partial charge is 0.454 e. The molecule has 1 saturated heterocycles. The van der Waals surface area contributed by atoms with Gasteiger partial charge in [0.2, 0.25) is 18.6 Å². The van der Waals surface area contributed by atoms with Crippen molar-refractivity contribution in [3.05, 3.63) is 59.4 Å². The minimum Gasteiger partial charge on any atom is -0.454 e. The van der Waals surface area contributed by atoms with Crippen LogP contribution < -0.4 is 14.8 Å². The zero-order valence-electron chi connectivity index (χ0n) is 14.6. The third kappa shape index (κ3) is 3.72. The van der Waals surface area contributed by atoms with Crippen LogP contribution in [0.4, 0.5) is 4.39 Å². The van der Waals surface area contributed by atoms with E-state index in [1.54, 1.807) is 29.2 Å². The maximum atomic E-state index is 14.1. The summed E-state index contributed by atoms with van der Waals surface area (Å²) >= 11 is 0. The van der Waals surface area contributed by atoms with Crippen molar-refractivity contribution < 1.29 is 23.5 Å². The Morgan fingerprint density at radius 2 is 1.96 bits per heavy atom. The molecule has 140 valence electrons. The number of nitrogens with one attached hydrogen (secondary N) is 1. The number of hydrogen-bond donors (Lipinski definition) is 1. The monoisotopic (exact) mass is 370 g/mol. The number of hydrogen-bond acceptors (Lipinski definition) is 4. The molecule has 0 bridgehead atoms. The van der Waals surface area contributed by atoms with Crippen LogP contribution in [0.25, 0.3) is 0 Å². The molecule has 1 fully saturated rings. The molecule has 0 aliphatic carbocycles. The van der Waals surface area contributed by atoms with E-state index >= 15 is 0 Å². The fourth-order valence-electron chi connectivity index (χ4n) is 3.34. The van der Waals surface area contributed by atoms with Crippen molar-refractivity contribution in [2.75, 3.05) is 13.3 Å². The number of fused-ring (bicyclic) bond motifs is 1. The highest BCUT2D eigenvalue weighted by molar-refractivity contribution is 5.89. The van der Waals surface area contributed by atoms with E-state index in [0.29, 0.717) is 23.6 Å². The fraction of sp³-hybridized carbons (Fsp3) is 0.300. The Morgan fingerprint density at radius 1 is 1.15 bits per heavy atom. The third-order valence-electron chi connectivity index (χ3n) is 4.77. The van der Waals surface area contributed by atoms with Gasteiger partial charge in [0, 0.05) is 31.6 Å². The predicted molar refractivity (Wildman–Crippen MR) is 94.3 cm³/mol. The lowest BCUT2D eigenvalue weighted by Gasteiger charge is -2.26. The molecular weight excluding hydrogens is 351 g/mol. The van der Waals surface area contributed by atoms with Gasteiger partial charge in [-0.25, -0.2) is 4.39 Å². The molecule has 2 heterocycles. The number of carbonyl (C=O) groups excluding carboxylic acids is 2. The number of amides is 2. The number of nitrogens with zero attached hydrogens (tertiary/aromatic N) is 1. The van der Waals surface area contributed by atoms with Crippen molar-refractivity contribution in [2.24, 2.45) is 5.92 Å². The first-order valence-electron chi connectivity index (χ1n) is 8.77. The molecule has 0 saturated carbocycles. The summed E-state index contributed by atoms with van der Waals surface area (Å²) in [5.41, 5.74) is 1.28. The van der Waals surface area contributed by atoms with E-state index in [-0.39, 0.29) is 43.9 Å². The molecule has 0 radical (unpaired) electrons. The smallest absolute Gasteiger partial charge is 0.231 e. The van der Waals surface area contributed by atoms with Crippen molar-refractivity contribution in [2.45, 2.75) is 19.5 Å². The summed E-state index contributed by atoms with van der Waals surface area (Å²) < 4.78 is 24.8. The van der Waals surface area contributed by atoms with Crippen LogP contribution in [0.15, 0.2) is 42.5 Å². The molecule has 0 aromatic heterocycles. The van der Waals surface area contributed by atoms with E-state index in [1.165, 1.54) is 6.07 Å². The molecular formula is C20H19FN2O4. The molecule has 27 heavy (non-hydrogen) atoms. The Bertz CT molecular complexity index is 886. The van der Waals surface area contributed by atoms with Gasteiger partial charge in [-0.15, -0.1) is 0 Å². The maximum Gasteiger partial charge on any atom is 0.231 e. The van der Waals surface area contributed by atoms with Crippen LogP contribution in [0, 0.1) is 11.7 Å². The first-order chi connectivity index (χ1) is 13.1. The highest BCUT2D eigenvalue weighted by atomic mass is 19.1. The topological polar surface area (TPSA) is 67.9 Å². The van der Waals surface area contributed by atoms with E-state index in [9.17, 15) is 14.0 Å². The number of carbonyl (C=O) groups is 2. The van der Waals surface area contributed by atoms with Crippen LogP contribution in [0.3, 0.4) is 0 Å². The highest BCUT2D eigenvalue weighted by Gasteiger charge is 2.32. The van der Waals surface area contributed by atoms with Gasteiger partial charge in [0.25, 0.3) is 0 Å². The molecule has 1 atom stereocenters. The van der Waals surface area contributed by atoms with Gasteiger partial charge in [0.05, 0.1) is 5.92 Å². The summed E-state index contributed by atoms with van der Waals surface area (Å²) in [6.07, 6.45) is 0.160. The summed E-state index contributed by atoms with van der Waals surface area (Å²) in [6, 6.07) is 11.9. The molecule has 0 spiro atoms. The minimum absolute atomic E-state index is 0.130. The Morgan fingerprint density at radius 3 is 2.74 bits per heavy atom. The lowest BCUT2D eigenvalue weighted by atomic mass is 10.1. The summed E-state index contributed by atoms with van der Waals surface area (Å²) in [5.74, 6) is 0.191. The molecule has 6 nitrogen and oxygen atoms in total. The van der Waals surface area contributed by atoms with Gasteiger partial charge in [-0.3, -0.25) is 9.59 Å². The highest BCUT2D eigenvalue weighted by Crippen LogP contribution is 2.33. The number of ether oxygens (including phenoxy) is 2. The molecule has 2 aliphatic heterocycles. The zero-order valence-corrected chi connectivity index (χ0v) is 14.6. The Kier molecular flexibility index (Phi) is 4.66. The van der Waals surface area contributed by atoms with E-state index in [1.807, 2.05) is 12.1 Å². The van der Waals surface area contributed by atoms with E-state index < -0.39 is 5.92 Å². The lowest BCUT2D eigenvalue weighted by molar-refractivity contribution is -0.137. The van der Waals surface area contributed by atoms with Crippen molar-refractivity contribution in [3.8, 4) is 11.5 Å². The van der Waals surface area contributed by atoms with Gasteiger partial charge in [0.1, 0.15) is 5.82 Å². The summed E-state index contributed by atoms with van der Waals surface area (Å²) in [5, 5.41) is 2.68. The van der Waals surface area contributed by atoms with Crippen LogP contribution in [-0.4, -0.2) is 30.1 Å². The molecule has 1 unspecified atom stereocenters. The van der Waals surface area contributed by atoms with Crippen LogP contribution >= 0.6 is 0 Å². The summed E-state index contributed by atoms with van der Waals surface area (Å²) in [4.78, 5) is 26.1. The van der Waals surface area contributed by atoms with Crippen LogP contribution in [-0.2, 0) is 22.7 Å². The van der Waals surface area contributed by atoms with Crippen molar-refractivity contribution in [1.82, 2.24) is 10.2 Å². The van der Waals surface area contributed by atoms with Gasteiger partial charge in [-0.2, -0.15) is 0 Å². The molecule has 2 aliphatic rings. The Balaban J connectivity index is 1.58. The second kappa shape index (κ2) is 7.26. The number of benzene rings is 2. The Hall–Kier alpha value is -3.09. The second-order valence-electron chi connectivity index (χ2n) is 6.68. The quantitative estimate of drug-likeness (QED) is 0.876. The standard InChI is InChI=1S/C20H19FN2O4/c21-16-4-2-1-3-14(16)11-23(20(25)15-8-19(24)22-9-15)10-13-5-6-17-18(7-13)27-12-26-17/h1-7,15H,8-12H2,(H,22,24). The van der Waals surface area contributed by atoms with Crippen molar-refractivity contribution in [1.29, 1.82) is 0 Å². The molecule has 4 rings (SSSR count). The molecule has 2 aromatic carbocycles. The second-order valence-corrected chi connectivity index (χ2v) is 6.68. The summed E-state index contributed by atoms with van der Waals surface area (Å²) in [7, 11) is 0.